The lowest BCUT2D eigenvalue weighted by Crippen LogP contribution is -2.54. The minimum Gasteiger partial charge on any atom is -0.352 e. The fraction of sp³-hybridized carbons (Fsp3) is 0.481. The number of halogens is 4. The molecule has 0 bridgehead atoms. The summed E-state index contributed by atoms with van der Waals surface area (Å²) in [5, 5.41) is 2.74. The van der Waals surface area contributed by atoms with E-state index < -0.39 is 45.9 Å². The highest BCUT2D eigenvalue weighted by Gasteiger charge is 2.35. The van der Waals surface area contributed by atoms with Gasteiger partial charge in [0.05, 0.1) is 22.5 Å². The van der Waals surface area contributed by atoms with Crippen LogP contribution < -0.4 is 9.62 Å². The number of anilines is 1. The molecule has 0 saturated heterocycles. The second-order valence-corrected chi connectivity index (χ2v) is 12.0. The second-order valence-electron chi connectivity index (χ2n) is 9.67. The molecule has 2 amide bonds. The Bertz CT molecular complexity index is 1250. The van der Waals surface area contributed by atoms with Gasteiger partial charge in [0.15, 0.2) is 0 Å². The first-order chi connectivity index (χ1) is 18.3. The zero-order valence-corrected chi connectivity index (χ0v) is 23.5. The van der Waals surface area contributed by atoms with E-state index in [4.69, 9.17) is 11.6 Å². The first kappa shape index (κ1) is 30.7. The van der Waals surface area contributed by atoms with E-state index in [0.29, 0.717) is 16.8 Å². The van der Waals surface area contributed by atoms with Gasteiger partial charge in [-0.05, 0) is 49.4 Å². The molecule has 0 spiro atoms. The van der Waals surface area contributed by atoms with Gasteiger partial charge in [0.1, 0.15) is 12.6 Å². The summed E-state index contributed by atoms with van der Waals surface area (Å²) >= 11 is 6.12. The number of rotatable bonds is 11. The van der Waals surface area contributed by atoms with Crippen molar-refractivity contribution in [2.75, 3.05) is 23.7 Å². The number of hydrogen-bond donors (Lipinski definition) is 1. The molecule has 1 saturated carbocycles. The standard InChI is InChI=1S/C27H33ClF3N3O4S/c1-3-23(26(36)32-21-11-7-8-12-21)33(16-15-19-9-5-4-6-10-19)25(35)18-34(39(2,37)38)24-17-20(27(29,30)31)13-14-22(24)28/h4-6,9-10,13-14,17,21,23H,3,7-8,11-12,15-16,18H2,1-2H3,(H,32,36)/t23-/m0/s1. The van der Waals surface area contributed by atoms with Crippen molar-refractivity contribution in [2.24, 2.45) is 0 Å². The molecule has 12 heteroatoms. The molecule has 2 aromatic carbocycles. The summed E-state index contributed by atoms with van der Waals surface area (Å²) in [6.45, 7) is 1.04. The minimum atomic E-state index is -4.75. The molecule has 1 aliphatic rings. The molecule has 0 aromatic heterocycles. The van der Waals surface area contributed by atoms with Crippen LogP contribution in [0.3, 0.4) is 0 Å². The van der Waals surface area contributed by atoms with Crippen molar-refractivity contribution >= 4 is 39.1 Å². The lowest BCUT2D eigenvalue weighted by Gasteiger charge is -2.33. The van der Waals surface area contributed by atoms with Crippen molar-refractivity contribution < 1.29 is 31.2 Å². The van der Waals surface area contributed by atoms with Crippen LogP contribution in [-0.4, -0.2) is 56.6 Å². The number of sulfonamides is 1. The van der Waals surface area contributed by atoms with Crippen molar-refractivity contribution in [3.8, 4) is 0 Å². The highest BCUT2D eigenvalue weighted by Crippen LogP contribution is 2.36. The SMILES string of the molecule is CC[C@@H](C(=O)NC1CCCC1)N(CCc1ccccc1)C(=O)CN(c1cc(C(F)(F)F)ccc1Cl)S(C)(=O)=O. The zero-order valence-electron chi connectivity index (χ0n) is 21.9. The third kappa shape index (κ3) is 8.35. The van der Waals surface area contributed by atoms with Crippen molar-refractivity contribution in [1.29, 1.82) is 0 Å². The first-order valence-electron chi connectivity index (χ1n) is 12.8. The Morgan fingerprint density at radius 3 is 2.31 bits per heavy atom. The summed E-state index contributed by atoms with van der Waals surface area (Å²) in [7, 11) is -4.24. The molecule has 0 aliphatic heterocycles. The lowest BCUT2D eigenvalue weighted by atomic mass is 10.1. The topological polar surface area (TPSA) is 86.8 Å². The van der Waals surface area contributed by atoms with Crippen molar-refractivity contribution in [3.05, 3.63) is 64.7 Å². The van der Waals surface area contributed by atoms with Crippen molar-refractivity contribution in [2.45, 2.75) is 63.7 Å². The maximum absolute atomic E-state index is 13.7. The number of carbonyl (C=O) groups is 2. The molecule has 214 valence electrons. The number of benzene rings is 2. The third-order valence-electron chi connectivity index (χ3n) is 6.79. The summed E-state index contributed by atoms with van der Waals surface area (Å²) in [6.07, 6.45) is 0.380. The summed E-state index contributed by atoms with van der Waals surface area (Å²) in [5.74, 6) is -1.06. The molecule has 0 radical (unpaired) electrons. The molecule has 0 heterocycles. The van der Waals surface area contributed by atoms with Crippen LogP contribution in [0.25, 0.3) is 0 Å². The minimum absolute atomic E-state index is 0.00839. The van der Waals surface area contributed by atoms with E-state index in [9.17, 15) is 31.2 Å². The number of carbonyl (C=O) groups excluding carboxylic acids is 2. The van der Waals surface area contributed by atoms with Gasteiger partial charge in [-0.3, -0.25) is 13.9 Å². The van der Waals surface area contributed by atoms with E-state index in [-0.39, 0.29) is 29.9 Å². The van der Waals surface area contributed by atoms with E-state index in [1.165, 1.54) is 4.90 Å². The van der Waals surface area contributed by atoms with Crippen molar-refractivity contribution in [1.82, 2.24) is 10.2 Å². The van der Waals surface area contributed by atoms with Crippen LogP contribution in [0.2, 0.25) is 5.02 Å². The molecule has 2 aromatic rings. The number of alkyl halides is 3. The number of nitrogens with zero attached hydrogens (tertiary/aromatic N) is 2. The Labute approximate surface area is 232 Å². The van der Waals surface area contributed by atoms with Crippen LogP contribution in [0.1, 0.15) is 50.2 Å². The third-order valence-corrected chi connectivity index (χ3v) is 8.24. The molecule has 7 nitrogen and oxygen atoms in total. The van der Waals surface area contributed by atoms with Gasteiger partial charge in [-0.15, -0.1) is 0 Å². The first-order valence-corrected chi connectivity index (χ1v) is 15.0. The van der Waals surface area contributed by atoms with Gasteiger partial charge in [0, 0.05) is 12.6 Å². The van der Waals surface area contributed by atoms with Gasteiger partial charge >= 0.3 is 6.18 Å². The smallest absolute Gasteiger partial charge is 0.352 e. The van der Waals surface area contributed by atoms with Gasteiger partial charge in [-0.1, -0.05) is 61.7 Å². The lowest BCUT2D eigenvalue weighted by molar-refractivity contribution is -0.139. The van der Waals surface area contributed by atoms with Crippen LogP contribution in [0.5, 0.6) is 0 Å². The Hall–Kier alpha value is -2.79. The maximum atomic E-state index is 13.7. The van der Waals surface area contributed by atoms with Crippen LogP contribution in [0.4, 0.5) is 18.9 Å². The van der Waals surface area contributed by atoms with Crippen LogP contribution >= 0.6 is 11.6 Å². The predicted molar refractivity (Wildman–Crippen MR) is 145 cm³/mol. The normalized spacial score (nSPS) is 15.1. The molecule has 39 heavy (non-hydrogen) atoms. The Morgan fingerprint density at radius 1 is 1.10 bits per heavy atom. The quantitative estimate of drug-likeness (QED) is 0.399. The Balaban J connectivity index is 1.94. The number of nitrogens with one attached hydrogen (secondary N) is 1. The molecule has 1 fully saturated rings. The summed E-state index contributed by atoms with van der Waals surface area (Å²) < 4.78 is 66.2. The van der Waals surface area contributed by atoms with Gasteiger partial charge < -0.3 is 10.2 Å². The van der Waals surface area contributed by atoms with E-state index in [1.54, 1.807) is 6.92 Å². The predicted octanol–water partition coefficient (Wildman–Crippen LogP) is 5.03. The van der Waals surface area contributed by atoms with E-state index in [1.807, 2.05) is 30.3 Å². The molecule has 1 N–H and O–H groups in total. The number of hydrogen-bond acceptors (Lipinski definition) is 4. The second kappa shape index (κ2) is 13.0. The summed E-state index contributed by atoms with van der Waals surface area (Å²) in [5.41, 5.74) is -0.664. The van der Waals surface area contributed by atoms with Gasteiger partial charge in [0.25, 0.3) is 0 Å². The molecule has 3 rings (SSSR count). The Kier molecular flexibility index (Phi) is 10.3. The van der Waals surface area contributed by atoms with E-state index >= 15 is 0 Å². The highest BCUT2D eigenvalue weighted by atomic mass is 35.5. The molecule has 1 atom stereocenters. The summed E-state index contributed by atoms with van der Waals surface area (Å²) in [6, 6.07) is 10.7. The maximum Gasteiger partial charge on any atom is 0.416 e. The van der Waals surface area contributed by atoms with Gasteiger partial charge in [-0.2, -0.15) is 13.2 Å². The zero-order chi connectivity index (χ0) is 28.8. The van der Waals surface area contributed by atoms with Crippen LogP contribution in [0, 0.1) is 0 Å². The highest BCUT2D eigenvalue weighted by molar-refractivity contribution is 7.92. The largest absolute Gasteiger partial charge is 0.416 e. The fourth-order valence-corrected chi connectivity index (χ4v) is 5.86. The van der Waals surface area contributed by atoms with Crippen LogP contribution in [0.15, 0.2) is 48.5 Å². The van der Waals surface area contributed by atoms with Crippen molar-refractivity contribution in [3.63, 3.8) is 0 Å². The Morgan fingerprint density at radius 2 is 1.74 bits per heavy atom. The molecule has 1 aliphatic carbocycles. The average molecular weight is 588 g/mol. The summed E-state index contributed by atoms with van der Waals surface area (Å²) in [4.78, 5) is 28.3. The molecular weight excluding hydrogens is 555 g/mol. The molecule has 0 unspecified atom stereocenters. The van der Waals surface area contributed by atoms with E-state index in [0.717, 1.165) is 49.6 Å². The monoisotopic (exact) mass is 587 g/mol. The van der Waals surface area contributed by atoms with Crippen LogP contribution in [-0.2, 0) is 32.2 Å². The fourth-order valence-electron chi connectivity index (χ4n) is 4.74. The number of amides is 2. The molecular formula is C27H33ClF3N3O4S. The van der Waals surface area contributed by atoms with E-state index in [2.05, 4.69) is 5.32 Å². The average Bonchev–Trinajstić information content (AvgIpc) is 3.37. The van der Waals surface area contributed by atoms with Gasteiger partial charge in [0.2, 0.25) is 21.8 Å². The van der Waals surface area contributed by atoms with Gasteiger partial charge in [-0.25, -0.2) is 8.42 Å².